The van der Waals surface area contributed by atoms with Crippen LogP contribution in [0, 0.1) is 0 Å². The van der Waals surface area contributed by atoms with Gasteiger partial charge in [0.25, 0.3) is 21.5 Å². The van der Waals surface area contributed by atoms with Gasteiger partial charge in [0.05, 0.1) is 4.90 Å². The number of rotatable bonds is 9. The van der Waals surface area contributed by atoms with Crippen molar-refractivity contribution in [3.05, 3.63) is 86.2 Å². The number of carbonyl (C=O) groups is 1. The zero-order valence-corrected chi connectivity index (χ0v) is 21.0. The molecule has 1 atom stereocenters. The zero-order chi connectivity index (χ0) is 28.3. The third-order valence-corrected chi connectivity index (χ3v) is 6.74. The van der Waals surface area contributed by atoms with Crippen LogP contribution < -0.4 is 20.7 Å². The highest BCUT2D eigenvalue weighted by molar-refractivity contribution is 7.90. The lowest BCUT2D eigenvalue weighted by molar-refractivity contribution is -0.146. The van der Waals surface area contributed by atoms with E-state index in [9.17, 15) is 41.2 Å². The molecule has 204 valence electrons. The van der Waals surface area contributed by atoms with Crippen LogP contribution in [-0.2, 0) is 27.5 Å². The van der Waals surface area contributed by atoms with Gasteiger partial charge < -0.3 is 14.9 Å². The number of sulfonamides is 1. The lowest BCUT2D eigenvalue weighted by Crippen LogP contribution is -2.47. The fraction of sp³-hybridized carbons (Fsp3) is 0.227. The van der Waals surface area contributed by atoms with E-state index >= 15 is 0 Å². The summed E-state index contributed by atoms with van der Waals surface area (Å²) in [5, 5.41) is 10.7. The summed E-state index contributed by atoms with van der Waals surface area (Å²) < 4.78 is 71.4. The first-order valence-corrected chi connectivity index (χ1v) is 12.5. The van der Waals surface area contributed by atoms with Gasteiger partial charge in [-0.1, -0.05) is 11.6 Å². The largest absolute Gasteiger partial charge is 0.457 e. The first-order valence-electron chi connectivity index (χ1n) is 10.6. The Hall–Kier alpha value is -3.66. The van der Waals surface area contributed by atoms with Crippen LogP contribution in [0.2, 0.25) is 5.02 Å². The molecule has 0 aliphatic heterocycles. The van der Waals surface area contributed by atoms with Gasteiger partial charge in [-0.25, -0.2) is 17.9 Å². The highest BCUT2D eigenvalue weighted by Gasteiger charge is 2.33. The molecule has 38 heavy (non-hydrogen) atoms. The van der Waals surface area contributed by atoms with Gasteiger partial charge in [0.1, 0.15) is 23.2 Å². The van der Waals surface area contributed by atoms with Crippen LogP contribution in [0.5, 0.6) is 11.5 Å². The Morgan fingerprint density at radius 2 is 1.68 bits per heavy atom. The number of halogens is 4. The van der Waals surface area contributed by atoms with Crippen LogP contribution in [0.25, 0.3) is 0 Å². The van der Waals surface area contributed by atoms with Crippen molar-refractivity contribution < 1.29 is 36.3 Å². The van der Waals surface area contributed by atoms with E-state index in [2.05, 4.69) is 0 Å². The number of benzene rings is 2. The third kappa shape index (κ3) is 7.22. The summed E-state index contributed by atoms with van der Waals surface area (Å²) in [6.45, 7) is -0.605. The summed E-state index contributed by atoms with van der Waals surface area (Å²) in [6, 6.07) is 10.00. The van der Waals surface area contributed by atoms with Crippen molar-refractivity contribution in [3.63, 3.8) is 0 Å². The van der Waals surface area contributed by atoms with Gasteiger partial charge in [-0.2, -0.15) is 18.2 Å². The molecule has 16 heteroatoms. The number of aromatic nitrogens is 2. The summed E-state index contributed by atoms with van der Waals surface area (Å²) in [6.07, 6.45) is -5.46. The maximum atomic E-state index is 12.8. The van der Waals surface area contributed by atoms with Gasteiger partial charge in [0.15, 0.2) is 0 Å². The summed E-state index contributed by atoms with van der Waals surface area (Å²) in [5.41, 5.74) is -4.24. The lowest BCUT2D eigenvalue weighted by Gasteiger charge is -2.22. The molecular formula is C22H20ClF3N4O7S. The van der Waals surface area contributed by atoms with Gasteiger partial charge in [-0.3, -0.25) is 14.2 Å². The van der Waals surface area contributed by atoms with Crippen LogP contribution >= 0.6 is 11.6 Å². The Labute approximate surface area is 218 Å². The Morgan fingerprint density at radius 3 is 2.18 bits per heavy atom. The number of hydrogen-bond donors (Lipinski definition) is 3. The van der Waals surface area contributed by atoms with Crippen LogP contribution in [0.15, 0.2) is 69.1 Å². The fourth-order valence-electron chi connectivity index (χ4n) is 3.21. The predicted molar refractivity (Wildman–Crippen MR) is 128 cm³/mol. The van der Waals surface area contributed by atoms with Crippen molar-refractivity contribution in [1.29, 1.82) is 0 Å². The van der Waals surface area contributed by atoms with Crippen molar-refractivity contribution in [2.75, 3.05) is 7.05 Å². The van der Waals surface area contributed by atoms with Crippen LogP contribution in [0.3, 0.4) is 0 Å². The van der Waals surface area contributed by atoms with Gasteiger partial charge in [0, 0.05) is 24.7 Å². The maximum absolute atomic E-state index is 12.8. The zero-order valence-electron chi connectivity index (χ0n) is 19.4. The van der Waals surface area contributed by atoms with Crippen LogP contribution in [-0.4, -0.2) is 47.2 Å². The minimum Gasteiger partial charge on any atom is -0.457 e. The second-order valence-electron chi connectivity index (χ2n) is 7.85. The minimum atomic E-state index is -4.96. The molecule has 1 heterocycles. The molecule has 0 radical (unpaired) electrons. The number of alkyl halides is 3. The number of nitrogens with one attached hydrogen (secondary N) is 2. The SMILES string of the molecule is CN(O)C(CCn1c(=O)cc(C(F)(F)F)[nH]c1=O)C(=O)NS(=O)(=O)c1ccc(Oc2ccc(Cl)cc2)cc1. The van der Waals surface area contributed by atoms with Crippen molar-refractivity contribution in [3.8, 4) is 11.5 Å². The maximum Gasteiger partial charge on any atom is 0.431 e. The molecule has 0 spiro atoms. The number of hydroxylamine groups is 2. The number of carbonyl (C=O) groups excluding carboxylic acids is 1. The Morgan fingerprint density at radius 1 is 1.13 bits per heavy atom. The second kappa shape index (κ2) is 11.4. The molecule has 0 saturated carbocycles. The highest BCUT2D eigenvalue weighted by Crippen LogP contribution is 2.26. The van der Waals surface area contributed by atoms with E-state index in [-0.39, 0.29) is 16.7 Å². The predicted octanol–water partition coefficient (Wildman–Crippen LogP) is 2.59. The number of hydrogen-bond acceptors (Lipinski definition) is 8. The summed E-state index contributed by atoms with van der Waals surface area (Å²) in [4.78, 5) is 37.8. The number of H-pyrrole nitrogens is 1. The van der Waals surface area contributed by atoms with E-state index in [1.807, 2.05) is 0 Å². The molecule has 3 rings (SSSR count). The third-order valence-electron chi connectivity index (χ3n) is 5.12. The van der Waals surface area contributed by atoms with E-state index in [0.717, 1.165) is 7.05 Å². The Balaban J connectivity index is 1.70. The summed E-state index contributed by atoms with van der Waals surface area (Å²) in [5.74, 6) is -0.483. The molecule has 11 nitrogen and oxygen atoms in total. The molecule has 0 bridgehead atoms. The van der Waals surface area contributed by atoms with E-state index < -0.39 is 58.1 Å². The molecule has 2 aromatic carbocycles. The first-order chi connectivity index (χ1) is 17.7. The van der Waals surface area contributed by atoms with E-state index in [1.165, 1.54) is 29.2 Å². The average Bonchev–Trinajstić information content (AvgIpc) is 2.81. The molecule has 3 aromatic rings. The van der Waals surface area contributed by atoms with Gasteiger partial charge in [0.2, 0.25) is 0 Å². The van der Waals surface area contributed by atoms with Crippen LogP contribution in [0.1, 0.15) is 12.1 Å². The summed E-state index contributed by atoms with van der Waals surface area (Å²) >= 11 is 5.81. The first kappa shape index (κ1) is 28.9. The molecule has 1 aromatic heterocycles. The smallest absolute Gasteiger partial charge is 0.431 e. The van der Waals surface area contributed by atoms with Gasteiger partial charge in [-0.15, -0.1) is 0 Å². The van der Waals surface area contributed by atoms with Gasteiger partial charge in [-0.05, 0) is 55.0 Å². The lowest BCUT2D eigenvalue weighted by atomic mass is 10.2. The molecule has 1 unspecified atom stereocenters. The minimum absolute atomic E-state index is 0.171. The Kier molecular flexibility index (Phi) is 8.66. The van der Waals surface area contributed by atoms with Crippen molar-refractivity contribution in [2.24, 2.45) is 0 Å². The molecule has 0 aliphatic rings. The Bertz CT molecular complexity index is 1490. The number of aromatic amines is 1. The molecule has 3 N–H and O–H groups in total. The fourth-order valence-corrected chi connectivity index (χ4v) is 4.35. The molecule has 1 amide bonds. The number of ether oxygens (including phenoxy) is 1. The second-order valence-corrected chi connectivity index (χ2v) is 9.97. The normalized spacial score (nSPS) is 12.8. The highest BCUT2D eigenvalue weighted by atomic mass is 35.5. The van der Waals surface area contributed by atoms with E-state index in [4.69, 9.17) is 16.3 Å². The number of likely N-dealkylation sites (N-methyl/N-ethyl adjacent to an activating group) is 1. The van der Waals surface area contributed by atoms with E-state index in [0.29, 0.717) is 20.4 Å². The van der Waals surface area contributed by atoms with Crippen molar-refractivity contribution in [2.45, 2.75) is 30.1 Å². The average molecular weight is 577 g/mol. The quantitative estimate of drug-likeness (QED) is 0.329. The molecule has 0 aliphatic carbocycles. The molecule has 0 saturated heterocycles. The topological polar surface area (TPSA) is 151 Å². The van der Waals surface area contributed by atoms with Crippen molar-refractivity contribution >= 4 is 27.5 Å². The monoisotopic (exact) mass is 576 g/mol. The van der Waals surface area contributed by atoms with Crippen molar-refractivity contribution in [1.82, 2.24) is 19.3 Å². The number of amides is 1. The molecule has 0 fully saturated rings. The number of nitrogens with zero attached hydrogens (tertiary/aromatic N) is 2. The van der Waals surface area contributed by atoms with Crippen LogP contribution in [0.4, 0.5) is 13.2 Å². The summed E-state index contributed by atoms with van der Waals surface area (Å²) in [7, 11) is -3.41. The van der Waals surface area contributed by atoms with E-state index in [1.54, 1.807) is 29.0 Å². The van der Waals surface area contributed by atoms with Gasteiger partial charge >= 0.3 is 11.9 Å². The standard InChI is InChI=1S/C22H20ClF3N4O7S/c1-29(34)17(10-11-30-19(31)12-18(22(24,25)26)27-21(30)33)20(32)28-38(35,36)16-8-6-15(7-9-16)37-14-4-2-13(23)3-5-14/h2-9,12,17,34H,10-11H2,1H3,(H,27,33)(H,28,32). The molecular weight excluding hydrogens is 557 g/mol.